The van der Waals surface area contributed by atoms with Crippen molar-refractivity contribution in [2.75, 3.05) is 0 Å². The Morgan fingerprint density at radius 3 is 2.56 bits per heavy atom. The molecular weight excluding hydrogens is 397 g/mol. The molecule has 4 rings (SSSR count). The van der Waals surface area contributed by atoms with Crippen molar-refractivity contribution in [3.63, 3.8) is 0 Å². The van der Waals surface area contributed by atoms with Crippen LogP contribution in [0.4, 0.5) is 0 Å². The Kier molecular flexibility index (Phi) is 6.04. The molecule has 0 bridgehead atoms. The summed E-state index contributed by atoms with van der Waals surface area (Å²) in [6, 6.07) is 18.3. The molecule has 1 amide bonds. The number of carbonyl (C=O) groups is 1. The molecule has 2 aromatic heterocycles. The van der Waals surface area contributed by atoms with Crippen LogP contribution in [0.1, 0.15) is 52.6 Å². The van der Waals surface area contributed by atoms with Crippen molar-refractivity contribution in [3.8, 4) is 0 Å². The molecule has 0 aliphatic rings. The molecule has 4 aromatic rings. The van der Waals surface area contributed by atoms with Crippen molar-refractivity contribution in [2.24, 2.45) is 0 Å². The number of nitrogens with zero attached hydrogens (tertiary/aromatic N) is 1. The van der Waals surface area contributed by atoms with E-state index in [2.05, 4.69) is 34.8 Å². The number of aryl methyl sites for hydroxylation is 1. The van der Waals surface area contributed by atoms with Gasteiger partial charge in [-0.05, 0) is 50.1 Å². The van der Waals surface area contributed by atoms with Crippen LogP contribution in [0.25, 0.3) is 10.9 Å². The molecule has 2 aromatic carbocycles. The Balaban J connectivity index is 1.55. The first-order valence-corrected chi connectivity index (χ1v) is 11.0. The molecule has 0 unspecified atom stereocenters. The number of hydrogen-bond acceptors (Lipinski definition) is 2. The lowest BCUT2D eigenvalue weighted by atomic mass is 9.92. The Hall–Kier alpha value is -3.54. The summed E-state index contributed by atoms with van der Waals surface area (Å²) in [5.41, 5.74) is 6.02. The van der Waals surface area contributed by atoms with Crippen LogP contribution in [0, 0.1) is 6.92 Å². The summed E-state index contributed by atoms with van der Waals surface area (Å²) >= 11 is 0. The van der Waals surface area contributed by atoms with Gasteiger partial charge in [-0.2, -0.15) is 0 Å². The standard InChI is InChI=1S/C26H28BN3O2/c1-16(2)30-10-9-21-22(13-19(27)14-24(21)30)25(31)28-15-23-17(3)11-20(29-26(23)32)12-18-7-5-4-6-8-18/h4-11,13-14,16H,12,15,27H2,1-3H3,(H,28,31)(H,29,32). The van der Waals surface area contributed by atoms with Gasteiger partial charge in [-0.15, -0.1) is 0 Å². The van der Waals surface area contributed by atoms with Gasteiger partial charge in [0, 0.05) is 52.9 Å². The lowest BCUT2D eigenvalue weighted by Gasteiger charge is -2.13. The molecule has 162 valence electrons. The van der Waals surface area contributed by atoms with Gasteiger partial charge in [0.25, 0.3) is 11.5 Å². The molecule has 5 nitrogen and oxygen atoms in total. The van der Waals surface area contributed by atoms with E-state index in [9.17, 15) is 9.59 Å². The maximum absolute atomic E-state index is 13.1. The summed E-state index contributed by atoms with van der Waals surface area (Å²) in [7, 11) is 1.99. The molecule has 0 fully saturated rings. The van der Waals surface area contributed by atoms with Crippen LogP contribution in [0.15, 0.2) is 65.6 Å². The third-order valence-electron chi connectivity index (χ3n) is 5.86. The summed E-state index contributed by atoms with van der Waals surface area (Å²) < 4.78 is 2.17. The van der Waals surface area contributed by atoms with E-state index in [-0.39, 0.29) is 18.0 Å². The van der Waals surface area contributed by atoms with Crippen molar-refractivity contribution in [1.29, 1.82) is 0 Å². The molecule has 0 saturated heterocycles. The summed E-state index contributed by atoms with van der Waals surface area (Å²) in [4.78, 5) is 28.8. The molecular formula is C26H28BN3O2. The highest BCUT2D eigenvalue weighted by Gasteiger charge is 2.16. The molecule has 32 heavy (non-hydrogen) atoms. The first-order valence-electron chi connectivity index (χ1n) is 11.0. The molecule has 2 heterocycles. The molecule has 6 heteroatoms. The summed E-state index contributed by atoms with van der Waals surface area (Å²) in [6.45, 7) is 6.35. The van der Waals surface area contributed by atoms with Crippen LogP contribution >= 0.6 is 0 Å². The van der Waals surface area contributed by atoms with Crippen LogP contribution in [-0.2, 0) is 13.0 Å². The second-order valence-corrected chi connectivity index (χ2v) is 8.69. The molecule has 0 atom stereocenters. The number of hydrogen-bond donors (Lipinski definition) is 2. The molecule has 2 N–H and O–H groups in total. The fourth-order valence-electron chi connectivity index (χ4n) is 4.22. The fraction of sp³-hybridized carbons (Fsp3) is 0.231. The fourth-order valence-corrected chi connectivity index (χ4v) is 4.22. The van der Waals surface area contributed by atoms with E-state index in [1.54, 1.807) is 0 Å². The highest BCUT2D eigenvalue weighted by Crippen LogP contribution is 2.22. The van der Waals surface area contributed by atoms with E-state index in [1.807, 2.05) is 69.5 Å². The van der Waals surface area contributed by atoms with Crippen LogP contribution in [-0.4, -0.2) is 23.3 Å². The van der Waals surface area contributed by atoms with Crippen molar-refractivity contribution in [2.45, 2.75) is 39.8 Å². The van der Waals surface area contributed by atoms with Crippen LogP contribution in [0.5, 0.6) is 0 Å². The Morgan fingerprint density at radius 2 is 1.88 bits per heavy atom. The predicted molar refractivity (Wildman–Crippen MR) is 133 cm³/mol. The average Bonchev–Trinajstić information content (AvgIpc) is 3.17. The van der Waals surface area contributed by atoms with E-state index in [0.717, 1.165) is 33.2 Å². The van der Waals surface area contributed by atoms with Gasteiger partial charge in [-0.25, -0.2) is 0 Å². The number of fused-ring (bicyclic) bond motifs is 1. The van der Waals surface area contributed by atoms with Gasteiger partial charge in [-0.3, -0.25) is 9.59 Å². The second kappa shape index (κ2) is 8.91. The molecule has 0 aliphatic carbocycles. The first kappa shape index (κ1) is 21.7. The SMILES string of the molecule is Bc1cc(C(=O)NCc2c(C)cc(Cc3ccccc3)[nH]c2=O)c2ccn(C(C)C)c2c1. The monoisotopic (exact) mass is 425 g/mol. The quantitative estimate of drug-likeness (QED) is 0.467. The molecule has 0 aliphatic heterocycles. The van der Waals surface area contributed by atoms with Gasteiger partial charge in [-0.1, -0.05) is 41.9 Å². The van der Waals surface area contributed by atoms with E-state index in [0.29, 0.717) is 23.6 Å². The summed E-state index contributed by atoms with van der Waals surface area (Å²) in [5.74, 6) is -0.174. The lowest BCUT2D eigenvalue weighted by Crippen LogP contribution is -2.29. The number of benzene rings is 2. The number of aromatic nitrogens is 2. The van der Waals surface area contributed by atoms with Crippen LogP contribution in [0.2, 0.25) is 0 Å². The summed E-state index contributed by atoms with van der Waals surface area (Å²) in [5, 5.41) is 3.88. The zero-order chi connectivity index (χ0) is 22.8. The smallest absolute Gasteiger partial charge is 0.253 e. The van der Waals surface area contributed by atoms with Gasteiger partial charge in [0.15, 0.2) is 0 Å². The zero-order valence-electron chi connectivity index (χ0n) is 19.0. The van der Waals surface area contributed by atoms with Gasteiger partial charge in [0.1, 0.15) is 7.85 Å². The van der Waals surface area contributed by atoms with Crippen molar-refractivity contribution < 1.29 is 4.79 Å². The lowest BCUT2D eigenvalue weighted by molar-refractivity contribution is 0.0952. The average molecular weight is 425 g/mol. The minimum Gasteiger partial charge on any atom is -0.348 e. The highest BCUT2D eigenvalue weighted by molar-refractivity contribution is 6.34. The number of carbonyl (C=O) groups excluding carboxylic acids is 1. The third-order valence-corrected chi connectivity index (χ3v) is 5.86. The van der Waals surface area contributed by atoms with E-state index in [1.165, 1.54) is 0 Å². The van der Waals surface area contributed by atoms with Gasteiger partial charge >= 0.3 is 0 Å². The number of pyridine rings is 1. The second-order valence-electron chi connectivity index (χ2n) is 8.69. The van der Waals surface area contributed by atoms with Crippen molar-refractivity contribution >= 4 is 30.1 Å². The summed E-state index contributed by atoms with van der Waals surface area (Å²) in [6.07, 6.45) is 2.68. The number of nitrogens with one attached hydrogen (secondary N) is 2. The van der Waals surface area contributed by atoms with E-state index >= 15 is 0 Å². The number of aromatic amines is 1. The van der Waals surface area contributed by atoms with Crippen LogP contribution < -0.4 is 16.3 Å². The molecule has 0 saturated carbocycles. The third kappa shape index (κ3) is 4.40. The topological polar surface area (TPSA) is 66.9 Å². The van der Waals surface area contributed by atoms with Crippen molar-refractivity contribution in [1.82, 2.24) is 14.9 Å². The van der Waals surface area contributed by atoms with Gasteiger partial charge in [0.2, 0.25) is 0 Å². The van der Waals surface area contributed by atoms with Gasteiger partial charge < -0.3 is 14.9 Å². The normalized spacial score (nSPS) is 11.2. The zero-order valence-corrected chi connectivity index (χ0v) is 19.0. The maximum Gasteiger partial charge on any atom is 0.253 e. The van der Waals surface area contributed by atoms with Crippen LogP contribution in [0.3, 0.4) is 0 Å². The van der Waals surface area contributed by atoms with Gasteiger partial charge in [0.05, 0.1) is 0 Å². The van der Waals surface area contributed by atoms with Crippen molar-refractivity contribution in [3.05, 3.63) is 99.1 Å². The Labute approximate surface area is 188 Å². The number of amides is 1. The predicted octanol–water partition coefficient (Wildman–Crippen LogP) is 3.00. The number of H-pyrrole nitrogens is 1. The Bertz CT molecular complexity index is 1340. The minimum atomic E-state index is -0.174. The Morgan fingerprint density at radius 1 is 1.12 bits per heavy atom. The molecule has 0 radical (unpaired) electrons. The number of rotatable bonds is 6. The maximum atomic E-state index is 13.1. The molecule has 0 spiro atoms. The first-order chi connectivity index (χ1) is 15.3. The van der Waals surface area contributed by atoms with E-state index < -0.39 is 0 Å². The largest absolute Gasteiger partial charge is 0.348 e. The minimum absolute atomic E-state index is 0.156. The van der Waals surface area contributed by atoms with E-state index in [4.69, 9.17) is 0 Å². The highest BCUT2D eigenvalue weighted by atomic mass is 16.1.